The molecule has 9 nitrogen and oxygen atoms in total. The minimum Gasteiger partial charge on any atom is -0.497 e. The molecule has 1 aromatic heterocycles. The van der Waals surface area contributed by atoms with Crippen LogP contribution in [0, 0.1) is 10.1 Å². The van der Waals surface area contributed by atoms with E-state index in [2.05, 4.69) is 20.5 Å². The van der Waals surface area contributed by atoms with Crippen LogP contribution < -0.4 is 15.0 Å². The predicted molar refractivity (Wildman–Crippen MR) is 105 cm³/mol. The Morgan fingerprint density at radius 3 is 2.43 bits per heavy atom. The molecule has 0 saturated carbocycles. The third kappa shape index (κ3) is 3.42. The minimum atomic E-state index is -0.454. The summed E-state index contributed by atoms with van der Waals surface area (Å²) in [6, 6.07) is 8.97. The number of hydrogen-bond donors (Lipinski definition) is 1. The predicted octanol–water partition coefficient (Wildman–Crippen LogP) is 4.26. The van der Waals surface area contributed by atoms with Gasteiger partial charge < -0.3 is 15.0 Å². The Hall–Kier alpha value is -3.36. The lowest BCUT2D eigenvalue weighted by Gasteiger charge is -2.23. The number of nitrogens with one attached hydrogen (secondary N) is 1. The molecular formula is C19H21N5O4. The second-order valence-corrected chi connectivity index (χ2v) is 6.77. The number of nitrogens with zero attached hydrogens (tertiary/aromatic N) is 4. The molecule has 1 aliphatic heterocycles. The van der Waals surface area contributed by atoms with Gasteiger partial charge in [0.1, 0.15) is 11.4 Å². The van der Waals surface area contributed by atoms with Crippen molar-refractivity contribution in [2.75, 3.05) is 30.4 Å². The zero-order chi connectivity index (χ0) is 19.5. The number of hydrogen-bond acceptors (Lipinski definition) is 8. The Morgan fingerprint density at radius 2 is 1.79 bits per heavy atom. The maximum Gasteiger partial charge on any atom is 0.324 e. The Bertz CT molecular complexity index is 978. The monoisotopic (exact) mass is 383 g/mol. The maximum absolute atomic E-state index is 11.8. The summed E-state index contributed by atoms with van der Waals surface area (Å²) in [5.74, 6) is 0.710. The summed E-state index contributed by atoms with van der Waals surface area (Å²) < 4.78 is 10.0. The molecular weight excluding hydrogens is 362 g/mol. The molecule has 0 unspecified atom stereocenters. The number of ether oxygens (including phenoxy) is 1. The summed E-state index contributed by atoms with van der Waals surface area (Å²) >= 11 is 0. The van der Waals surface area contributed by atoms with Gasteiger partial charge in [-0.3, -0.25) is 10.1 Å². The van der Waals surface area contributed by atoms with E-state index in [1.807, 2.05) is 0 Å². The number of nitro groups is 1. The molecule has 9 heteroatoms. The fraction of sp³-hybridized carbons (Fsp3) is 0.368. The normalized spacial score (nSPS) is 14.7. The van der Waals surface area contributed by atoms with Crippen molar-refractivity contribution < 1.29 is 14.3 Å². The molecule has 2 aromatic carbocycles. The Balaban J connectivity index is 1.80. The molecule has 0 aliphatic carbocycles. The quantitative estimate of drug-likeness (QED) is 0.514. The minimum absolute atomic E-state index is 0.148. The van der Waals surface area contributed by atoms with Crippen LogP contribution in [0.4, 0.5) is 22.7 Å². The SMILES string of the molecule is COc1ccc(Nc2cc(N3CCCCCC3)c3nonc3c2[N+](=O)[O-])cc1. The van der Waals surface area contributed by atoms with E-state index >= 15 is 0 Å². The molecule has 2 heterocycles. The highest BCUT2D eigenvalue weighted by Crippen LogP contribution is 2.40. The molecule has 1 saturated heterocycles. The first kappa shape index (κ1) is 18.0. The lowest BCUT2D eigenvalue weighted by molar-refractivity contribution is -0.382. The molecule has 1 aliphatic rings. The van der Waals surface area contributed by atoms with E-state index in [4.69, 9.17) is 9.37 Å². The van der Waals surface area contributed by atoms with Crippen LogP contribution in [0.5, 0.6) is 5.75 Å². The Kier molecular flexibility index (Phi) is 4.96. The highest BCUT2D eigenvalue weighted by atomic mass is 16.6. The van der Waals surface area contributed by atoms with Gasteiger partial charge in [0.05, 0.1) is 17.7 Å². The van der Waals surface area contributed by atoms with E-state index in [1.54, 1.807) is 37.4 Å². The van der Waals surface area contributed by atoms with E-state index in [0.29, 0.717) is 22.6 Å². The molecule has 3 aromatic rings. The second kappa shape index (κ2) is 7.71. The summed E-state index contributed by atoms with van der Waals surface area (Å²) in [6.07, 6.45) is 4.51. The topological polar surface area (TPSA) is 107 Å². The first-order valence-electron chi connectivity index (χ1n) is 9.27. The number of rotatable bonds is 5. The van der Waals surface area contributed by atoms with Crippen LogP contribution in [0.1, 0.15) is 25.7 Å². The lowest BCUT2D eigenvalue weighted by Crippen LogP contribution is -2.24. The van der Waals surface area contributed by atoms with Crippen LogP contribution in [0.25, 0.3) is 11.0 Å². The Morgan fingerprint density at radius 1 is 1.11 bits per heavy atom. The van der Waals surface area contributed by atoms with Gasteiger partial charge in [0.15, 0.2) is 5.52 Å². The van der Waals surface area contributed by atoms with E-state index in [1.165, 1.54) is 12.8 Å². The molecule has 1 N–H and O–H groups in total. The number of nitro benzene ring substituents is 1. The zero-order valence-electron chi connectivity index (χ0n) is 15.6. The van der Waals surface area contributed by atoms with Crippen LogP contribution in [-0.2, 0) is 0 Å². The van der Waals surface area contributed by atoms with Crippen LogP contribution in [0.2, 0.25) is 0 Å². The molecule has 28 heavy (non-hydrogen) atoms. The van der Waals surface area contributed by atoms with Crippen LogP contribution in [0.3, 0.4) is 0 Å². The summed E-state index contributed by atoms with van der Waals surface area (Å²) in [5.41, 5.74) is 2.31. The van der Waals surface area contributed by atoms with E-state index in [0.717, 1.165) is 31.6 Å². The molecule has 0 amide bonds. The van der Waals surface area contributed by atoms with Gasteiger partial charge in [0.25, 0.3) is 0 Å². The summed E-state index contributed by atoms with van der Waals surface area (Å²) in [6.45, 7) is 1.75. The van der Waals surface area contributed by atoms with Crippen molar-refractivity contribution in [2.24, 2.45) is 0 Å². The fourth-order valence-corrected chi connectivity index (χ4v) is 3.58. The smallest absolute Gasteiger partial charge is 0.324 e. The highest BCUT2D eigenvalue weighted by molar-refractivity contribution is 6.00. The number of fused-ring (bicyclic) bond motifs is 1. The van der Waals surface area contributed by atoms with Crippen molar-refractivity contribution in [1.82, 2.24) is 10.3 Å². The van der Waals surface area contributed by atoms with Gasteiger partial charge >= 0.3 is 5.69 Å². The first-order chi connectivity index (χ1) is 13.7. The van der Waals surface area contributed by atoms with Crippen LogP contribution in [0.15, 0.2) is 35.0 Å². The van der Waals surface area contributed by atoms with Crippen molar-refractivity contribution in [3.8, 4) is 5.75 Å². The molecule has 4 rings (SSSR count). The van der Waals surface area contributed by atoms with Gasteiger partial charge in [0, 0.05) is 18.8 Å². The largest absolute Gasteiger partial charge is 0.497 e. The fourth-order valence-electron chi connectivity index (χ4n) is 3.58. The highest BCUT2D eigenvalue weighted by Gasteiger charge is 2.28. The van der Waals surface area contributed by atoms with Crippen molar-refractivity contribution in [2.45, 2.75) is 25.7 Å². The maximum atomic E-state index is 11.8. The van der Waals surface area contributed by atoms with Crippen LogP contribution in [-0.4, -0.2) is 35.4 Å². The summed E-state index contributed by atoms with van der Waals surface area (Å²) in [7, 11) is 1.59. The van der Waals surface area contributed by atoms with Crippen molar-refractivity contribution in [1.29, 1.82) is 0 Å². The average molecular weight is 383 g/mol. The lowest BCUT2D eigenvalue weighted by atomic mass is 10.1. The van der Waals surface area contributed by atoms with Crippen molar-refractivity contribution >= 4 is 33.8 Å². The standard InChI is InChI=1S/C19H21N5O4/c1-27-14-8-6-13(7-9-14)20-15-12-16(23-10-4-2-3-5-11-23)17-18(22-28-21-17)19(15)24(25)26/h6-9,12,20H,2-5,10-11H2,1H3. The molecule has 0 atom stereocenters. The molecule has 146 valence electrons. The van der Waals surface area contributed by atoms with Gasteiger partial charge in [-0.05, 0) is 53.5 Å². The number of methoxy groups -OCH3 is 1. The van der Waals surface area contributed by atoms with Crippen molar-refractivity contribution in [3.05, 3.63) is 40.4 Å². The molecule has 0 spiro atoms. The third-order valence-corrected chi connectivity index (χ3v) is 4.99. The van der Waals surface area contributed by atoms with Gasteiger partial charge in [-0.2, -0.15) is 0 Å². The van der Waals surface area contributed by atoms with Crippen molar-refractivity contribution in [3.63, 3.8) is 0 Å². The van der Waals surface area contributed by atoms with Gasteiger partial charge in [0.2, 0.25) is 5.52 Å². The Labute approximate surface area is 161 Å². The first-order valence-corrected chi connectivity index (χ1v) is 9.27. The zero-order valence-corrected chi connectivity index (χ0v) is 15.6. The van der Waals surface area contributed by atoms with Crippen LogP contribution >= 0.6 is 0 Å². The van der Waals surface area contributed by atoms with E-state index in [9.17, 15) is 10.1 Å². The van der Waals surface area contributed by atoms with Gasteiger partial charge in [-0.15, -0.1) is 0 Å². The van der Waals surface area contributed by atoms with Gasteiger partial charge in [-0.1, -0.05) is 12.8 Å². The van der Waals surface area contributed by atoms with E-state index < -0.39 is 4.92 Å². The molecule has 1 fully saturated rings. The average Bonchev–Trinajstić information content (AvgIpc) is 3.02. The molecule has 0 radical (unpaired) electrons. The second-order valence-electron chi connectivity index (χ2n) is 6.77. The molecule has 0 bridgehead atoms. The van der Waals surface area contributed by atoms with E-state index in [-0.39, 0.29) is 11.2 Å². The number of anilines is 3. The van der Waals surface area contributed by atoms with Gasteiger partial charge in [-0.25, -0.2) is 4.63 Å². The third-order valence-electron chi connectivity index (χ3n) is 4.99. The summed E-state index contributed by atoms with van der Waals surface area (Å²) in [4.78, 5) is 13.5. The number of aromatic nitrogens is 2. The summed E-state index contributed by atoms with van der Waals surface area (Å²) in [5, 5.41) is 22.7. The number of benzene rings is 2.